The van der Waals surface area contributed by atoms with Gasteiger partial charge in [-0.2, -0.15) is 0 Å². The van der Waals surface area contributed by atoms with Crippen LogP contribution in [0.4, 0.5) is 5.82 Å². The standard InChI is InChI=1S/C19H27N5OSi/c1-26(2,3)11-10-25-14-24-9-6-16-18(21-13-22-19(16)24)23-8-5-15-4-7-20-17(15)12-23/h4,6-7,9,13,20H,5,8,10-12,14H2,1-3H3. The van der Waals surface area contributed by atoms with Gasteiger partial charge >= 0.3 is 0 Å². The van der Waals surface area contributed by atoms with E-state index in [1.54, 1.807) is 6.33 Å². The van der Waals surface area contributed by atoms with Crippen LogP contribution in [0.3, 0.4) is 0 Å². The summed E-state index contributed by atoms with van der Waals surface area (Å²) in [7, 11) is -1.06. The summed E-state index contributed by atoms with van der Waals surface area (Å²) in [6.45, 7) is 10.3. The maximum absolute atomic E-state index is 5.90. The van der Waals surface area contributed by atoms with Gasteiger partial charge in [-0.1, -0.05) is 19.6 Å². The lowest BCUT2D eigenvalue weighted by Gasteiger charge is -2.28. The van der Waals surface area contributed by atoms with Gasteiger partial charge < -0.3 is 19.2 Å². The second-order valence-electron chi connectivity index (χ2n) is 8.22. The molecular weight excluding hydrogens is 342 g/mol. The van der Waals surface area contributed by atoms with Gasteiger partial charge in [-0.25, -0.2) is 9.97 Å². The number of fused-ring (bicyclic) bond motifs is 2. The Balaban J connectivity index is 1.50. The van der Waals surface area contributed by atoms with Crippen molar-refractivity contribution in [3.05, 3.63) is 42.1 Å². The number of aromatic amines is 1. The van der Waals surface area contributed by atoms with Crippen LogP contribution in [0.15, 0.2) is 30.9 Å². The first kappa shape index (κ1) is 17.3. The molecule has 3 aromatic heterocycles. The molecule has 1 aliphatic heterocycles. The first-order chi connectivity index (χ1) is 12.5. The van der Waals surface area contributed by atoms with E-state index < -0.39 is 8.07 Å². The Labute approximate surface area is 155 Å². The van der Waals surface area contributed by atoms with Crippen LogP contribution in [0.2, 0.25) is 25.7 Å². The fourth-order valence-electron chi connectivity index (χ4n) is 3.41. The molecule has 4 heterocycles. The molecule has 3 aromatic rings. The largest absolute Gasteiger partial charge is 0.363 e. The van der Waals surface area contributed by atoms with Gasteiger partial charge in [0.25, 0.3) is 0 Å². The molecule has 0 bridgehead atoms. The summed E-state index contributed by atoms with van der Waals surface area (Å²) in [5, 5.41) is 1.09. The number of hydrogen-bond donors (Lipinski definition) is 1. The summed E-state index contributed by atoms with van der Waals surface area (Å²) in [5.41, 5.74) is 3.65. The summed E-state index contributed by atoms with van der Waals surface area (Å²) >= 11 is 0. The van der Waals surface area contributed by atoms with Crippen molar-refractivity contribution >= 4 is 24.9 Å². The average molecular weight is 370 g/mol. The molecule has 0 radical (unpaired) electrons. The van der Waals surface area contributed by atoms with Gasteiger partial charge in [-0.05, 0) is 30.2 Å². The summed E-state index contributed by atoms with van der Waals surface area (Å²) in [6.07, 6.45) is 6.80. The molecule has 0 saturated heterocycles. The van der Waals surface area contributed by atoms with Gasteiger partial charge in [0, 0.05) is 39.3 Å². The predicted molar refractivity (Wildman–Crippen MR) is 107 cm³/mol. The molecule has 0 atom stereocenters. The minimum absolute atomic E-state index is 0.547. The smallest absolute Gasteiger partial charge is 0.147 e. The van der Waals surface area contributed by atoms with Crippen molar-refractivity contribution in [2.75, 3.05) is 18.1 Å². The van der Waals surface area contributed by atoms with E-state index >= 15 is 0 Å². The number of rotatable bonds is 6. The molecule has 0 spiro atoms. The lowest BCUT2D eigenvalue weighted by molar-refractivity contribution is 0.0899. The van der Waals surface area contributed by atoms with Crippen molar-refractivity contribution < 1.29 is 4.74 Å². The minimum Gasteiger partial charge on any atom is -0.363 e. The Hall–Kier alpha value is -2.12. The van der Waals surface area contributed by atoms with E-state index in [2.05, 4.69) is 62.4 Å². The van der Waals surface area contributed by atoms with Crippen LogP contribution >= 0.6 is 0 Å². The van der Waals surface area contributed by atoms with Crippen LogP contribution in [-0.2, 0) is 24.4 Å². The maximum Gasteiger partial charge on any atom is 0.147 e. The Bertz CT molecular complexity index is 895. The predicted octanol–water partition coefficient (Wildman–Crippen LogP) is 3.63. The van der Waals surface area contributed by atoms with Gasteiger partial charge in [0.15, 0.2) is 0 Å². The Morgan fingerprint density at radius 3 is 2.96 bits per heavy atom. The van der Waals surface area contributed by atoms with Crippen molar-refractivity contribution in [3.63, 3.8) is 0 Å². The quantitative estimate of drug-likeness (QED) is 0.532. The lowest BCUT2D eigenvalue weighted by Crippen LogP contribution is -2.31. The second-order valence-corrected chi connectivity index (χ2v) is 13.8. The van der Waals surface area contributed by atoms with E-state index in [1.807, 2.05) is 6.20 Å². The van der Waals surface area contributed by atoms with Crippen LogP contribution in [0.1, 0.15) is 11.3 Å². The average Bonchev–Trinajstić information content (AvgIpc) is 3.24. The zero-order valence-electron chi connectivity index (χ0n) is 15.8. The zero-order valence-corrected chi connectivity index (χ0v) is 16.8. The van der Waals surface area contributed by atoms with Crippen molar-refractivity contribution in [1.29, 1.82) is 0 Å². The van der Waals surface area contributed by atoms with Crippen LogP contribution in [0.5, 0.6) is 0 Å². The summed E-state index contributed by atoms with van der Waals surface area (Å²) in [6, 6.07) is 5.46. The molecule has 26 heavy (non-hydrogen) atoms. The minimum atomic E-state index is -1.06. The number of anilines is 1. The highest BCUT2D eigenvalue weighted by atomic mass is 28.3. The third-order valence-corrected chi connectivity index (χ3v) is 6.70. The van der Waals surface area contributed by atoms with Crippen molar-refractivity contribution in [3.8, 4) is 0 Å². The number of nitrogens with one attached hydrogen (secondary N) is 1. The molecular formula is C19H27N5OSi. The number of H-pyrrole nitrogens is 1. The fourth-order valence-corrected chi connectivity index (χ4v) is 4.17. The van der Waals surface area contributed by atoms with Crippen LogP contribution in [0.25, 0.3) is 11.0 Å². The molecule has 1 aliphatic rings. The molecule has 0 aromatic carbocycles. The highest BCUT2D eigenvalue weighted by Gasteiger charge is 2.21. The Kier molecular flexibility index (Phi) is 4.58. The fraction of sp³-hybridized carbons (Fsp3) is 0.474. The molecule has 0 unspecified atom stereocenters. The molecule has 6 nitrogen and oxygen atoms in total. The highest BCUT2D eigenvalue weighted by Crippen LogP contribution is 2.28. The summed E-state index contributed by atoms with van der Waals surface area (Å²) in [5.74, 6) is 1.01. The summed E-state index contributed by atoms with van der Waals surface area (Å²) in [4.78, 5) is 14.8. The maximum atomic E-state index is 5.90. The normalized spacial score (nSPS) is 14.8. The van der Waals surface area contributed by atoms with Gasteiger partial charge in [-0.3, -0.25) is 0 Å². The lowest BCUT2D eigenvalue weighted by atomic mass is 10.1. The van der Waals surface area contributed by atoms with E-state index in [0.29, 0.717) is 6.73 Å². The molecule has 138 valence electrons. The van der Waals surface area contributed by atoms with Crippen LogP contribution < -0.4 is 4.90 Å². The van der Waals surface area contributed by atoms with E-state index in [4.69, 9.17) is 4.74 Å². The highest BCUT2D eigenvalue weighted by molar-refractivity contribution is 6.76. The van der Waals surface area contributed by atoms with E-state index in [-0.39, 0.29) is 0 Å². The SMILES string of the molecule is C[Si](C)(C)CCOCn1ccc2c(N3CCc4cc[nH]c4C3)ncnc21. The second kappa shape index (κ2) is 6.89. The van der Waals surface area contributed by atoms with E-state index in [1.165, 1.54) is 17.3 Å². The first-order valence-corrected chi connectivity index (χ1v) is 13.0. The van der Waals surface area contributed by atoms with Gasteiger partial charge in [0.05, 0.1) is 11.9 Å². The third kappa shape index (κ3) is 3.54. The summed E-state index contributed by atoms with van der Waals surface area (Å²) < 4.78 is 7.98. The van der Waals surface area contributed by atoms with Gasteiger partial charge in [-0.15, -0.1) is 0 Å². The van der Waals surface area contributed by atoms with E-state index in [9.17, 15) is 0 Å². The molecule has 0 amide bonds. The molecule has 0 saturated carbocycles. The molecule has 1 N–H and O–H groups in total. The van der Waals surface area contributed by atoms with Crippen molar-refractivity contribution in [2.24, 2.45) is 0 Å². The third-order valence-electron chi connectivity index (χ3n) is 4.99. The molecule has 4 rings (SSSR count). The van der Waals surface area contributed by atoms with Gasteiger partial charge in [0.1, 0.15) is 24.5 Å². The number of aromatic nitrogens is 4. The van der Waals surface area contributed by atoms with Crippen molar-refractivity contribution in [1.82, 2.24) is 19.5 Å². The molecule has 0 aliphatic carbocycles. The van der Waals surface area contributed by atoms with Gasteiger partial charge in [0.2, 0.25) is 0 Å². The van der Waals surface area contributed by atoms with Crippen molar-refractivity contribution in [2.45, 2.75) is 45.4 Å². The Morgan fingerprint density at radius 1 is 1.23 bits per heavy atom. The van der Waals surface area contributed by atoms with Crippen LogP contribution in [-0.4, -0.2) is 40.7 Å². The number of hydrogen-bond acceptors (Lipinski definition) is 4. The number of nitrogens with zero attached hydrogens (tertiary/aromatic N) is 4. The Morgan fingerprint density at radius 2 is 2.12 bits per heavy atom. The zero-order chi connectivity index (χ0) is 18.1. The van der Waals surface area contributed by atoms with Crippen LogP contribution in [0, 0.1) is 0 Å². The monoisotopic (exact) mass is 369 g/mol. The first-order valence-electron chi connectivity index (χ1n) is 9.29. The van der Waals surface area contributed by atoms with E-state index in [0.717, 1.165) is 43.0 Å². The number of ether oxygens (including phenoxy) is 1. The topological polar surface area (TPSA) is 59.0 Å². The molecule has 7 heteroatoms. The molecule has 0 fully saturated rings.